The number of nitrogens with one attached hydrogen (secondary N) is 1. The van der Waals surface area contributed by atoms with Crippen molar-refractivity contribution in [2.24, 2.45) is 0 Å². The van der Waals surface area contributed by atoms with E-state index in [1.165, 1.54) is 0 Å². The van der Waals surface area contributed by atoms with Crippen LogP contribution in [-0.2, 0) is 6.54 Å². The Morgan fingerprint density at radius 3 is 3.08 bits per heavy atom. The minimum Gasteiger partial charge on any atom is -0.336 e. The van der Waals surface area contributed by atoms with Gasteiger partial charge in [0.1, 0.15) is 0 Å². The van der Waals surface area contributed by atoms with Gasteiger partial charge in [0.2, 0.25) is 0 Å². The third-order valence-corrected chi connectivity index (χ3v) is 1.70. The van der Waals surface area contributed by atoms with Gasteiger partial charge in [0.15, 0.2) is 0 Å². The molecule has 0 saturated carbocycles. The zero-order valence-corrected chi connectivity index (χ0v) is 8.42. The van der Waals surface area contributed by atoms with Crippen molar-refractivity contribution in [1.82, 2.24) is 14.9 Å². The SMILES string of the molecule is C=C(Br)CNCCn1ccnc1. The van der Waals surface area contributed by atoms with E-state index in [9.17, 15) is 0 Å². The lowest BCUT2D eigenvalue weighted by Crippen LogP contribution is -2.20. The van der Waals surface area contributed by atoms with Gasteiger partial charge in [0.05, 0.1) is 6.33 Å². The highest BCUT2D eigenvalue weighted by Crippen LogP contribution is 1.96. The zero-order valence-electron chi connectivity index (χ0n) is 6.83. The van der Waals surface area contributed by atoms with Crippen molar-refractivity contribution in [3.63, 3.8) is 0 Å². The molecule has 0 aliphatic carbocycles. The monoisotopic (exact) mass is 229 g/mol. The molecule has 1 aromatic rings. The first-order valence-electron chi connectivity index (χ1n) is 3.79. The number of rotatable bonds is 5. The van der Waals surface area contributed by atoms with Crippen molar-refractivity contribution in [3.8, 4) is 0 Å². The molecule has 66 valence electrons. The van der Waals surface area contributed by atoms with E-state index in [0.717, 1.165) is 24.1 Å². The molecule has 0 bridgehead atoms. The van der Waals surface area contributed by atoms with Crippen LogP contribution in [0.3, 0.4) is 0 Å². The highest BCUT2D eigenvalue weighted by molar-refractivity contribution is 9.11. The fourth-order valence-electron chi connectivity index (χ4n) is 0.851. The minimum absolute atomic E-state index is 0.814. The van der Waals surface area contributed by atoms with Crippen LogP contribution in [0.2, 0.25) is 0 Å². The lowest BCUT2D eigenvalue weighted by atomic mass is 10.5. The Morgan fingerprint density at radius 1 is 1.67 bits per heavy atom. The van der Waals surface area contributed by atoms with Gasteiger partial charge in [-0.25, -0.2) is 4.98 Å². The highest BCUT2D eigenvalue weighted by atomic mass is 79.9. The second kappa shape index (κ2) is 5.11. The molecule has 4 heteroatoms. The summed E-state index contributed by atoms with van der Waals surface area (Å²) in [4.78, 5) is 3.94. The van der Waals surface area contributed by atoms with Crippen LogP contribution in [0.15, 0.2) is 29.8 Å². The van der Waals surface area contributed by atoms with Crippen molar-refractivity contribution in [2.45, 2.75) is 6.54 Å². The summed E-state index contributed by atoms with van der Waals surface area (Å²) in [7, 11) is 0. The molecule has 0 aliphatic rings. The average molecular weight is 230 g/mol. The maximum Gasteiger partial charge on any atom is 0.0946 e. The number of aromatic nitrogens is 2. The normalized spacial score (nSPS) is 10.1. The molecule has 0 aromatic carbocycles. The molecule has 0 spiro atoms. The van der Waals surface area contributed by atoms with E-state index < -0.39 is 0 Å². The quantitative estimate of drug-likeness (QED) is 0.774. The first-order valence-corrected chi connectivity index (χ1v) is 4.58. The molecule has 1 rings (SSSR count). The van der Waals surface area contributed by atoms with Gasteiger partial charge in [0.25, 0.3) is 0 Å². The maximum atomic E-state index is 3.94. The van der Waals surface area contributed by atoms with Gasteiger partial charge in [-0.3, -0.25) is 0 Å². The number of nitrogens with zero attached hydrogens (tertiary/aromatic N) is 2. The van der Waals surface area contributed by atoms with Gasteiger partial charge >= 0.3 is 0 Å². The molecule has 0 radical (unpaired) electrons. The average Bonchev–Trinajstić information content (AvgIpc) is 2.49. The first kappa shape index (κ1) is 9.48. The lowest BCUT2D eigenvalue weighted by molar-refractivity contribution is 0.624. The van der Waals surface area contributed by atoms with E-state index in [1.54, 1.807) is 6.20 Å². The summed E-state index contributed by atoms with van der Waals surface area (Å²) in [6.07, 6.45) is 5.54. The molecule has 12 heavy (non-hydrogen) atoms. The van der Waals surface area contributed by atoms with Gasteiger partial charge < -0.3 is 9.88 Å². The minimum atomic E-state index is 0.814. The van der Waals surface area contributed by atoms with Gasteiger partial charge in [-0.1, -0.05) is 22.5 Å². The Bertz CT molecular complexity index is 230. The molecule has 0 aliphatic heterocycles. The van der Waals surface area contributed by atoms with Crippen molar-refractivity contribution in [2.75, 3.05) is 13.1 Å². The van der Waals surface area contributed by atoms with E-state index in [0.29, 0.717) is 0 Å². The van der Waals surface area contributed by atoms with Gasteiger partial charge in [0, 0.05) is 36.5 Å². The Morgan fingerprint density at radius 2 is 2.50 bits per heavy atom. The Labute approximate surface area is 80.6 Å². The molecular weight excluding hydrogens is 218 g/mol. The van der Waals surface area contributed by atoms with Crippen molar-refractivity contribution >= 4 is 15.9 Å². The third kappa shape index (κ3) is 3.69. The van der Waals surface area contributed by atoms with Crippen LogP contribution in [0.4, 0.5) is 0 Å². The van der Waals surface area contributed by atoms with Crippen molar-refractivity contribution < 1.29 is 0 Å². The van der Waals surface area contributed by atoms with Gasteiger partial charge in [-0.15, -0.1) is 0 Å². The number of halogens is 1. The molecule has 1 heterocycles. The second-order valence-corrected chi connectivity index (χ2v) is 3.62. The number of hydrogen-bond acceptors (Lipinski definition) is 2. The summed E-state index contributed by atoms with van der Waals surface area (Å²) in [6, 6.07) is 0. The summed E-state index contributed by atoms with van der Waals surface area (Å²) in [5.74, 6) is 0. The number of imidazole rings is 1. The molecule has 0 unspecified atom stereocenters. The molecule has 1 aromatic heterocycles. The standard InChI is InChI=1S/C8H12BrN3/c1-8(9)6-10-2-4-12-5-3-11-7-12/h3,5,7,10H,1-2,4,6H2. The van der Waals surface area contributed by atoms with Crippen LogP contribution in [0, 0.1) is 0 Å². The summed E-state index contributed by atoms with van der Waals surface area (Å²) < 4.78 is 3.01. The van der Waals surface area contributed by atoms with E-state index in [2.05, 4.69) is 32.8 Å². The Balaban J connectivity index is 2.07. The van der Waals surface area contributed by atoms with Crippen LogP contribution in [-0.4, -0.2) is 22.6 Å². The molecule has 0 fully saturated rings. The Kier molecular flexibility index (Phi) is 4.04. The van der Waals surface area contributed by atoms with Crippen molar-refractivity contribution in [3.05, 3.63) is 29.8 Å². The van der Waals surface area contributed by atoms with Gasteiger partial charge in [-0.2, -0.15) is 0 Å². The fourth-order valence-corrected chi connectivity index (χ4v) is 1.05. The third-order valence-electron chi connectivity index (χ3n) is 1.42. The molecule has 0 saturated heterocycles. The molecule has 3 nitrogen and oxygen atoms in total. The van der Waals surface area contributed by atoms with Crippen LogP contribution in [0.1, 0.15) is 0 Å². The van der Waals surface area contributed by atoms with Crippen LogP contribution >= 0.6 is 15.9 Å². The molecular formula is C8H12BrN3. The smallest absolute Gasteiger partial charge is 0.0946 e. The predicted molar refractivity (Wildman–Crippen MR) is 53.2 cm³/mol. The van der Waals surface area contributed by atoms with Crippen LogP contribution < -0.4 is 5.32 Å². The Hall–Kier alpha value is -0.610. The fraction of sp³-hybridized carbons (Fsp3) is 0.375. The predicted octanol–water partition coefficient (Wildman–Crippen LogP) is 1.38. The van der Waals surface area contributed by atoms with Crippen molar-refractivity contribution in [1.29, 1.82) is 0 Å². The molecule has 0 amide bonds. The summed E-state index contributed by atoms with van der Waals surface area (Å²) in [5.41, 5.74) is 0. The second-order valence-electron chi connectivity index (χ2n) is 2.49. The van der Waals surface area contributed by atoms with Crippen LogP contribution in [0.5, 0.6) is 0 Å². The van der Waals surface area contributed by atoms with E-state index in [1.807, 2.05) is 17.1 Å². The summed E-state index contributed by atoms with van der Waals surface area (Å²) >= 11 is 3.28. The highest BCUT2D eigenvalue weighted by Gasteiger charge is 1.89. The largest absolute Gasteiger partial charge is 0.336 e. The van der Waals surface area contributed by atoms with E-state index in [4.69, 9.17) is 0 Å². The molecule has 1 N–H and O–H groups in total. The van der Waals surface area contributed by atoms with Crippen LogP contribution in [0.25, 0.3) is 0 Å². The first-order chi connectivity index (χ1) is 5.79. The topological polar surface area (TPSA) is 29.9 Å². The summed E-state index contributed by atoms with van der Waals surface area (Å²) in [6.45, 7) is 6.42. The molecule has 0 atom stereocenters. The lowest BCUT2D eigenvalue weighted by Gasteiger charge is -2.03. The maximum absolute atomic E-state index is 3.94. The van der Waals surface area contributed by atoms with Gasteiger partial charge in [-0.05, 0) is 0 Å². The summed E-state index contributed by atoms with van der Waals surface area (Å²) in [5, 5.41) is 3.23. The van der Waals surface area contributed by atoms with E-state index >= 15 is 0 Å². The van der Waals surface area contributed by atoms with E-state index in [-0.39, 0.29) is 0 Å². The number of hydrogen-bond donors (Lipinski definition) is 1. The zero-order chi connectivity index (χ0) is 8.81.